The Hall–Kier alpha value is -1.79. The molecule has 0 saturated carbocycles. The van der Waals surface area contributed by atoms with E-state index in [1.54, 1.807) is 0 Å². The maximum Gasteiger partial charge on any atom is 0.262 e. The summed E-state index contributed by atoms with van der Waals surface area (Å²) in [7, 11) is 0. The van der Waals surface area contributed by atoms with Crippen molar-refractivity contribution in [1.29, 1.82) is 0 Å². The van der Waals surface area contributed by atoms with Crippen LogP contribution in [0.2, 0.25) is 0 Å². The molecule has 114 valence electrons. The summed E-state index contributed by atoms with van der Waals surface area (Å²) in [5, 5.41) is 9.12. The first-order chi connectivity index (χ1) is 10.7. The lowest BCUT2D eigenvalue weighted by Gasteiger charge is -2.12. The van der Waals surface area contributed by atoms with Gasteiger partial charge in [0.1, 0.15) is 5.52 Å². The van der Waals surface area contributed by atoms with E-state index in [9.17, 15) is 4.79 Å². The van der Waals surface area contributed by atoms with Crippen molar-refractivity contribution in [3.05, 3.63) is 39.3 Å². The molecule has 3 N–H and O–H groups in total. The first kappa shape index (κ1) is 13.8. The van der Waals surface area contributed by atoms with E-state index in [1.807, 2.05) is 23.3 Å². The zero-order valence-corrected chi connectivity index (χ0v) is 13.3. The van der Waals surface area contributed by atoms with E-state index >= 15 is 0 Å². The van der Waals surface area contributed by atoms with Gasteiger partial charge in [-0.05, 0) is 43.1 Å². The Morgan fingerprint density at radius 2 is 2.14 bits per heavy atom. The third-order valence-electron chi connectivity index (χ3n) is 4.37. The van der Waals surface area contributed by atoms with Crippen LogP contribution in [0.3, 0.4) is 0 Å². The van der Waals surface area contributed by atoms with Crippen molar-refractivity contribution < 1.29 is 0 Å². The molecule has 1 aromatic carbocycles. The van der Waals surface area contributed by atoms with Gasteiger partial charge in [-0.15, -0.1) is 0 Å². The number of hydrogen-bond acceptors (Lipinski definition) is 4. The second kappa shape index (κ2) is 5.14. The highest BCUT2D eigenvalue weighted by Crippen LogP contribution is 2.34. The fourth-order valence-electron chi connectivity index (χ4n) is 3.23. The van der Waals surface area contributed by atoms with Gasteiger partial charge in [-0.1, -0.05) is 0 Å². The average molecular weight is 314 g/mol. The monoisotopic (exact) mass is 314 g/mol. The molecule has 0 aliphatic carbocycles. The van der Waals surface area contributed by atoms with Crippen molar-refractivity contribution in [2.75, 3.05) is 6.54 Å². The number of aryl methyl sites for hydroxylation is 2. The van der Waals surface area contributed by atoms with Crippen molar-refractivity contribution in [2.45, 2.75) is 31.4 Å². The molecule has 6 heteroatoms. The second-order valence-electron chi connectivity index (χ2n) is 5.80. The normalized spacial score (nSPS) is 14.1. The number of pyridine rings is 1. The molecule has 0 unspecified atom stereocenters. The standard InChI is InChI=1S/C16H18N4OS/c1-9-14-15(19-18-9)12-5-10-7-22-8-11(10)6-13(12)20(16(14)21)4-2-3-17/h5-6H,2-4,7-8,17H2,1H3,(H,18,19). The van der Waals surface area contributed by atoms with E-state index in [2.05, 4.69) is 22.3 Å². The summed E-state index contributed by atoms with van der Waals surface area (Å²) >= 11 is 1.92. The quantitative estimate of drug-likeness (QED) is 0.777. The van der Waals surface area contributed by atoms with E-state index in [1.165, 1.54) is 11.1 Å². The highest BCUT2D eigenvalue weighted by Gasteiger charge is 2.19. The summed E-state index contributed by atoms with van der Waals surface area (Å²) in [5.74, 6) is 2.06. The number of fused-ring (bicyclic) bond motifs is 4. The van der Waals surface area contributed by atoms with Crippen molar-refractivity contribution >= 4 is 33.6 Å². The summed E-state index contributed by atoms with van der Waals surface area (Å²) < 4.78 is 1.87. The van der Waals surface area contributed by atoms with Crippen LogP contribution < -0.4 is 11.3 Å². The number of nitrogens with one attached hydrogen (secondary N) is 1. The van der Waals surface area contributed by atoms with Gasteiger partial charge in [0.05, 0.1) is 10.9 Å². The highest BCUT2D eigenvalue weighted by molar-refractivity contribution is 7.98. The molecule has 0 radical (unpaired) electrons. The number of nitrogens with zero attached hydrogens (tertiary/aromatic N) is 2. The lowest BCUT2D eigenvalue weighted by molar-refractivity contribution is 0.653. The smallest absolute Gasteiger partial charge is 0.262 e. The minimum atomic E-state index is 0.0350. The minimum absolute atomic E-state index is 0.0350. The molecule has 0 amide bonds. The van der Waals surface area contributed by atoms with Gasteiger partial charge >= 0.3 is 0 Å². The maximum absolute atomic E-state index is 12.9. The molecule has 0 bridgehead atoms. The topological polar surface area (TPSA) is 76.7 Å². The van der Waals surface area contributed by atoms with Crippen LogP contribution in [0.5, 0.6) is 0 Å². The average Bonchev–Trinajstić information content (AvgIpc) is 3.11. The van der Waals surface area contributed by atoms with E-state index in [0.29, 0.717) is 18.5 Å². The van der Waals surface area contributed by atoms with E-state index in [0.717, 1.165) is 40.0 Å². The van der Waals surface area contributed by atoms with Crippen LogP contribution >= 0.6 is 11.8 Å². The van der Waals surface area contributed by atoms with Gasteiger partial charge in [0.25, 0.3) is 5.56 Å². The number of thioether (sulfide) groups is 1. The molecule has 2 aromatic heterocycles. The summed E-state index contributed by atoms with van der Waals surface area (Å²) in [6, 6.07) is 4.39. The summed E-state index contributed by atoms with van der Waals surface area (Å²) in [4.78, 5) is 12.9. The Labute approximate surface area is 131 Å². The highest BCUT2D eigenvalue weighted by atomic mass is 32.2. The number of hydrogen-bond donors (Lipinski definition) is 2. The number of rotatable bonds is 3. The van der Waals surface area contributed by atoms with Crippen LogP contribution in [-0.2, 0) is 18.1 Å². The van der Waals surface area contributed by atoms with Crippen molar-refractivity contribution in [3.8, 4) is 0 Å². The molecule has 0 fully saturated rings. The molecule has 1 aliphatic heterocycles. The van der Waals surface area contributed by atoms with E-state index < -0.39 is 0 Å². The summed E-state index contributed by atoms with van der Waals surface area (Å²) in [6.07, 6.45) is 0.795. The van der Waals surface area contributed by atoms with Gasteiger partial charge in [0.2, 0.25) is 0 Å². The number of aromatic nitrogens is 3. The molecule has 3 aromatic rings. The molecule has 22 heavy (non-hydrogen) atoms. The first-order valence-electron chi connectivity index (χ1n) is 7.51. The van der Waals surface area contributed by atoms with Gasteiger partial charge < -0.3 is 10.3 Å². The van der Waals surface area contributed by atoms with Crippen molar-refractivity contribution in [2.24, 2.45) is 5.73 Å². The van der Waals surface area contributed by atoms with Gasteiger partial charge in [0.15, 0.2) is 0 Å². The first-order valence-corrected chi connectivity index (χ1v) is 8.67. The fraction of sp³-hybridized carbons (Fsp3) is 0.375. The molecule has 5 nitrogen and oxygen atoms in total. The van der Waals surface area contributed by atoms with Gasteiger partial charge in [-0.3, -0.25) is 9.89 Å². The molecule has 0 saturated heterocycles. The van der Waals surface area contributed by atoms with Crippen LogP contribution in [0.1, 0.15) is 23.2 Å². The number of benzene rings is 1. The lowest BCUT2D eigenvalue weighted by atomic mass is 10.0. The molecular weight excluding hydrogens is 296 g/mol. The largest absolute Gasteiger partial charge is 0.330 e. The Balaban J connectivity index is 2.14. The molecular formula is C16H18N4OS. The Bertz CT molecular complexity index is 941. The predicted molar refractivity (Wildman–Crippen MR) is 91.3 cm³/mol. The predicted octanol–water partition coefficient (Wildman–Crippen LogP) is 2.28. The molecule has 3 heterocycles. The number of aromatic amines is 1. The SMILES string of the molecule is Cc1[nH]nc2c1c(=O)n(CCCN)c1cc3c(cc21)CSC3. The Kier molecular flexibility index (Phi) is 3.23. The number of H-pyrrole nitrogens is 1. The third-order valence-corrected chi connectivity index (χ3v) is 5.40. The van der Waals surface area contributed by atoms with Crippen LogP contribution in [0.15, 0.2) is 16.9 Å². The van der Waals surface area contributed by atoms with E-state index in [-0.39, 0.29) is 5.56 Å². The zero-order chi connectivity index (χ0) is 15.3. The Morgan fingerprint density at radius 3 is 2.91 bits per heavy atom. The maximum atomic E-state index is 12.9. The van der Waals surface area contributed by atoms with Gasteiger partial charge in [-0.2, -0.15) is 16.9 Å². The Morgan fingerprint density at radius 1 is 1.36 bits per heavy atom. The lowest BCUT2D eigenvalue weighted by Crippen LogP contribution is -2.22. The third kappa shape index (κ3) is 1.90. The van der Waals surface area contributed by atoms with Crippen LogP contribution in [-0.4, -0.2) is 21.3 Å². The summed E-state index contributed by atoms with van der Waals surface area (Å²) in [6.45, 7) is 3.13. The zero-order valence-electron chi connectivity index (χ0n) is 12.5. The minimum Gasteiger partial charge on any atom is -0.330 e. The van der Waals surface area contributed by atoms with Gasteiger partial charge in [0, 0.05) is 29.1 Å². The second-order valence-corrected chi connectivity index (χ2v) is 6.79. The van der Waals surface area contributed by atoms with Crippen molar-refractivity contribution in [3.63, 3.8) is 0 Å². The molecule has 0 atom stereocenters. The van der Waals surface area contributed by atoms with Crippen molar-refractivity contribution in [1.82, 2.24) is 14.8 Å². The summed E-state index contributed by atoms with van der Waals surface area (Å²) in [5.41, 5.74) is 11.0. The molecule has 4 rings (SSSR count). The number of nitrogens with two attached hydrogens (primary N) is 1. The van der Waals surface area contributed by atoms with Crippen LogP contribution in [0.25, 0.3) is 21.8 Å². The van der Waals surface area contributed by atoms with E-state index in [4.69, 9.17) is 5.73 Å². The molecule has 1 aliphatic rings. The fourth-order valence-corrected chi connectivity index (χ4v) is 4.31. The van der Waals surface area contributed by atoms with Crippen LogP contribution in [0.4, 0.5) is 0 Å². The van der Waals surface area contributed by atoms with Crippen LogP contribution in [0, 0.1) is 6.92 Å². The molecule has 0 spiro atoms. The van der Waals surface area contributed by atoms with Gasteiger partial charge in [-0.25, -0.2) is 0 Å².